The molecule has 1 aliphatic rings. The summed E-state index contributed by atoms with van der Waals surface area (Å²) in [5.74, 6) is 1.73. The van der Waals surface area contributed by atoms with Gasteiger partial charge >= 0.3 is 0 Å². The minimum absolute atomic E-state index is 0.261. The normalized spacial score (nSPS) is 20.8. The van der Waals surface area contributed by atoms with E-state index in [0.29, 0.717) is 0 Å². The van der Waals surface area contributed by atoms with Gasteiger partial charge in [0.25, 0.3) is 0 Å². The van der Waals surface area contributed by atoms with Gasteiger partial charge in [-0.2, -0.15) is 4.98 Å². The lowest BCUT2D eigenvalue weighted by molar-refractivity contribution is -0.0858. The van der Waals surface area contributed by atoms with E-state index in [1.807, 2.05) is 6.92 Å². The van der Waals surface area contributed by atoms with E-state index < -0.39 is 0 Å². The Labute approximate surface area is 114 Å². The Bertz CT molecular complexity index is 394. The van der Waals surface area contributed by atoms with Crippen LogP contribution in [0.5, 0.6) is 0 Å². The Morgan fingerprint density at radius 2 is 2.11 bits per heavy atom. The molecular weight excluding hydrogens is 242 g/mol. The fourth-order valence-electron chi connectivity index (χ4n) is 2.51. The fourth-order valence-corrected chi connectivity index (χ4v) is 2.51. The van der Waals surface area contributed by atoms with Crippen LogP contribution >= 0.6 is 0 Å². The number of nitrogens with two attached hydrogens (primary N) is 1. The third kappa shape index (κ3) is 3.15. The van der Waals surface area contributed by atoms with Crippen LogP contribution in [-0.4, -0.2) is 23.3 Å². The Balaban J connectivity index is 1.93. The minimum Gasteiger partial charge on any atom is -0.370 e. The topological polar surface area (TPSA) is 74.2 Å². The van der Waals surface area contributed by atoms with Gasteiger partial charge in [0, 0.05) is 19.1 Å². The molecule has 2 rings (SSSR count). The van der Waals surface area contributed by atoms with Crippen molar-refractivity contribution in [3.8, 4) is 0 Å². The first-order chi connectivity index (χ1) is 9.07. The summed E-state index contributed by atoms with van der Waals surface area (Å²) >= 11 is 0. The number of methoxy groups -OCH3 is 1. The van der Waals surface area contributed by atoms with Crippen LogP contribution < -0.4 is 5.73 Å². The fraction of sp³-hybridized carbons (Fsp3) is 0.857. The summed E-state index contributed by atoms with van der Waals surface area (Å²) in [5, 5.41) is 4.11. The van der Waals surface area contributed by atoms with Gasteiger partial charge in [-0.3, -0.25) is 0 Å². The van der Waals surface area contributed by atoms with E-state index >= 15 is 0 Å². The molecule has 0 spiro atoms. The van der Waals surface area contributed by atoms with Gasteiger partial charge in [-0.1, -0.05) is 18.5 Å². The van der Waals surface area contributed by atoms with Crippen molar-refractivity contribution >= 4 is 0 Å². The smallest absolute Gasteiger partial charge is 0.229 e. The van der Waals surface area contributed by atoms with Crippen LogP contribution in [-0.2, 0) is 10.3 Å². The average molecular weight is 267 g/mol. The standard InChI is InChI=1S/C14H25N3O2/c1-10(6-4-7-11(2)15)12-16-13(17-19-12)14(18-3)8-5-9-14/h10-11H,4-9,15H2,1-3H3. The van der Waals surface area contributed by atoms with E-state index in [0.717, 1.165) is 43.8 Å². The maximum atomic E-state index is 5.75. The molecule has 0 saturated heterocycles. The van der Waals surface area contributed by atoms with Crippen molar-refractivity contribution in [1.29, 1.82) is 0 Å². The summed E-state index contributed by atoms with van der Waals surface area (Å²) in [6.45, 7) is 4.16. The van der Waals surface area contributed by atoms with Gasteiger partial charge in [-0.15, -0.1) is 0 Å². The molecule has 0 amide bonds. The zero-order valence-corrected chi connectivity index (χ0v) is 12.2. The molecule has 1 fully saturated rings. The van der Waals surface area contributed by atoms with Crippen LogP contribution in [0, 0.1) is 0 Å². The third-order valence-electron chi connectivity index (χ3n) is 4.12. The molecule has 2 unspecified atom stereocenters. The molecule has 0 aliphatic heterocycles. The molecule has 0 radical (unpaired) electrons. The van der Waals surface area contributed by atoms with E-state index in [-0.39, 0.29) is 17.6 Å². The highest BCUT2D eigenvalue weighted by molar-refractivity contribution is 5.07. The van der Waals surface area contributed by atoms with Crippen molar-refractivity contribution in [2.75, 3.05) is 7.11 Å². The van der Waals surface area contributed by atoms with E-state index in [1.165, 1.54) is 6.42 Å². The number of hydrogen-bond donors (Lipinski definition) is 1. The van der Waals surface area contributed by atoms with Gasteiger partial charge in [-0.05, 0) is 39.0 Å². The van der Waals surface area contributed by atoms with E-state index in [9.17, 15) is 0 Å². The van der Waals surface area contributed by atoms with Crippen LogP contribution in [0.25, 0.3) is 0 Å². The van der Waals surface area contributed by atoms with Gasteiger partial charge in [0.05, 0.1) is 0 Å². The largest absolute Gasteiger partial charge is 0.370 e. The molecule has 108 valence electrons. The number of hydrogen-bond acceptors (Lipinski definition) is 5. The minimum atomic E-state index is -0.284. The Kier molecular flexibility index (Phi) is 4.58. The quantitative estimate of drug-likeness (QED) is 0.822. The first kappa shape index (κ1) is 14.5. The van der Waals surface area contributed by atoms with Crippen molar-refractivity contribution in [2.24, 2.45) is 5.73 Å². The molecule has 5 heteroatoms. The third-order valence-corrected chi connectivity index (χ3v) is 4.12. The molecule has 5 nitrogen and oxygen atoms in total. The molecule has 0 aromatic carbocycles. The van der Waals surface area contributed by atoms with Crippen LogP contribution in [0.3, 0.4) is 0 Å². The van der Waals surface area contributed by atoms with E-state index in [2.05, 4.69) is 17.1 Å². The highest BCUT2D eigenvalue weighted by atomic mass is 16.5. The lowest BCUT2D eigenvalue weighted by Gasteiger charge is -2.37. The summed E-state index contributed by atoms with van der Waals surface area (Å²) in [5.41, 5.74) is 5.47. The van der Waals surface area contributed by atoms with Crippen molar-refractivity contribution in [3.05, 3.63) is 11.7 Å². The predicted molar refractivity (Wildman–Crippen MR) is 72.8 cm³/mol. The summed E-state index contributed by atoms with van der Waals surface area (Å²) in [4.78, 5) is 4.54. The maximum absolute atomic E-state index is 5.75. The molecule has 19 heavy (non-hydrogen) atoms. The summed E-state index contributed by atoms with van der Waals surface area (Å²) in [6.07, 6.45) is 6.30. The first-order valence-corrected chi connectivity index (χ1v) is 7.22. The second-order valence-corrected chi connectivity index (χ2v) is 5.82. The Hall–Kier alpha value is -0.940. The van der Waals surface area contributed by atoms with Crippen molar-refractivity contribution < 1.29 is 9.26 Å². The van der Waals surface area contributed by atoms with E-state index in [1.54, 1.807) is 7.11 Å². The highest BCUT2D eigenvalue weighted by Gasteiger charge is 2.43. The highest BCUT2D eigenvalue weighted by Crippen LogP contribution is 2.43. The number of ether oxygens (including phenoxy) is 1. The van der Waals surface area contributed by atoms with E-state index in [4.69, 9.17) is 15.0 Å². The SMILES string of the molecule is COC1(c2noc(C(C)CCCC(C)N)n2)CCC1. The molecule has 2 N–H and O–H groups in total. The predicted octanol–water partition coefficient (Wildman–Crippen LogP) is 2.72. The molecule has 1 aromatic rings. The van der Waals surface area contributed by atoms with Crippen molar-refractivity contribution in [1.82, 2.24) is 10.1 Å². The van der Waals surface area contributed by atoms with Crippen molar-refractivity contribution in [3.63, 3.8) is 0 Å². The molecule has 1 heterocycles. The lowest BCUT2D eigenvalue weighted by atomic mass is 9.79. The number of nitrogens with zero attached hydrogens (tertiary/aromatic N) is 2. The van der Waals surface area contributed by atoms with Crippen LogP contribution in [0.15, 0.2) is 4.52 Å². The Morgan fingerprint density at radius 1 is 1.37 bits per heavy atom. The molecule has 1 saturated carbocycles. The molecule has 0 bridgehead atoms. The van der Waals surface area contributed by atoms with Crippen LogP contribution in [0.2, 0.25) is 0 Å². The molecule has 2 atom stereocenters. The first-order valence-electron chi connectivity index (χ1n) is 7.22. The van der Waals surface area contributed by atoms with Crippen LogP contribution in [0.1, 0.15) is 70.0 Å². The number of aromatic nitrogens is 2. The summed E-state index contributed by atoms with van der Waals surface area (Å²) in [7, 11) is 1.72. The monoisotopic (exact) mass is 267 g/mol. The zero-order valence-electron chi connectivity index (χ0n) is 12.2. The van der Waals surface area contributed by atoms with Gasteiger partial charge < -0.3 is 15.0 Å². The summed E-state index contributed by atoms with van der Waals surface area (Å²) < 4.78 is 11.0. The zero-order chi connectivity index (χ0) is 13.9. The molecule has 1 aliphatic carbocycles. The second kappa shape index (κ2) is 6.01. The second-order valence-electron chi connectivity index (χ2n) is 5.82. The van der Waals surface area contributed by atoms with Gasteiger partial charge in [0.2, 0.25) is 11.7 Å². The average Bonchev–Trinajstić information content (AvgIpc) is 2.77. The number of rotatable bonds is 7. The maximum Gasteiger partial charge on any atom is 0.229 e. The summed E-state index contributed by atoms with van der Waals surface area (Å²) in [6, 6.07) is 0.261. The lowest BCUT2D eigenvalue weighted by Crippen LogP contribution is -2.37. The van der Waals surface area contributed by atoms with Crippen LogP contribution in [0.4, 0.5) is 0 Å². The van der Waals surface area contributed by atoms with Gasteiger partial charge in [0.1, 0.15) is 5.60 Å². The molecule has 1 aromatic heterocycles. The van der Waals surface area contributed by atoms with Gasteiger partial charge in [-0.25, -0.2) is 0 Å². The Morgan fingerprint density at radius 3 is 2.63 bits per heavy atom. The van der Waals surface area contributed by atoms with Crippen molar-refractivity contribution in [2.45, 2.75) is 69.9 Å². The van der Waals surface area contributed by atoms with Gasteiger partial charge in [0.15, 0.2) is 0 Å². The molecular formula is C14H25N3O2.